The molecule has 0 amide bonds. The van der Waals surface area contributed by atoms with Crippen molar-refractivity contribution in [1.29, 1.82) is 0 Å². The molecule has 1 fully saturated rings. The molecule has 1 atom stereocenters. The first-order valence-electron chi connectivity index (χ1n) is 6.10. The Morgan fingerprint density at radius 1 is 1.33 bits per heavy atom. The fourth-order valence-electron chi connectivity index (χ4n) is 2.32. The van der Waals surface area contributed by atoms with Crippen LogP contribution in [-0.2, 0) is 0 Å². The van der Waals surface area contributed by atoms with Crippen LogP contribution >= 0.6 is 0 Å². The van der Waals surface area contributed by atoms with Gasteiger partial charge in [-0.15, -0.1) is 0 Å². The topological polar surface area (TPSA) is 28.4 Å². The lowest BCUT2D eigenvalue weighted by Crippen LogP contribution is -2.45. The van der Waals surface area contributed by atoms with Crippen LogP contribution in [0, 0.1) is 0 Å². The minimum absolute atomic E-state index is 0.0863. The molecule has 2 rings (SSSR count). The first-order chi connectivity index (χ1) is 8.56. The number of piperazine rings is 1. The van der Waals surface area contributed by atoms with Crippen molar-refractivity contribution in [2.24, 2.45) is 0 Å². The van der Waals surface area contributed by atoms with Crippen LogP contribution in [0.2, 0.25) is 0 Å². The van der Waals surface area contributed by atoms with E-state index in [-0.39, 0.29) is 12.5 Å². The van der Waals surface area contributed by atoms with Crippen LogP contribution in [0.25, 0.3) is 0 Å². The molecule has 1 aromatic rings. The third-order valence-corrected chi connectivity index (χ3v) is 3.22. The predicted molar refractivity (Wildman–Crippen MR) is 61.2 cm³/mol. The SMILES string of the molecule is FC(F)(F)CC[C@@H](c1ccoc1)N1CCNCC1. The van der Waals surface area contributed by atoms with Gasteiger partial charge in [0.25, 0.3) is 0 Å². The summed E-state index contributed by atoms with van der Waals surface area (Å²) in [6, 6.07) is 1.55. The fourth-order valence-corrected chi connectivity index (χ4v) is 2.32. The average molecular weight is 262 g/mol. The van der Waals surface area contributed by atoms with E-state index in [1.54, 1.807) is 12.3 Å². The lowest BCUT2D eigenvalue weighted by atomic mass is 10.0. The number of halogens is 3. The molecule has 1 aliphatic heterocycles. The van der Waals surface area contributed by atoms with E-state index in [0.29, 0.717) is 0 Å². The van der Waals surface area contributed by atoms with E-state index in [9.17, 15) is 13.2 Å². The van der Waals surface area contributed by atoms with Gasteiger partial charge in [-0.25, -0.2) is 0 Å². The van der Waals surface area contributed by atoms with Gasteiger partial charge >= 0.3 is 6.18 Å². The third kappa shape index (κ3) is 3.74. The molecule has 0 saturated carbocycles. The molecule has 0 radical (unpaired) electrons. The van der Waals surface area contributed by atoms with Gasteiger partial charge in [-0.05, 0) is 12.5 Å². The van der Waals surface area contributed by atoms with Crippen molar-refractivity contribution in [2.45, 2.75) is 25.1 Å². The van der Waals surface area contributed by atoms with Crippen LogP contribution in [0.15, 0.2) is 23.0 Å². The van der Waals surface area contributed by atoms with Crippen LogP contribution in [0.4, 0.5) is 13.2 Å². The second kappa shape index (κ2) is 5.75. The summed E-state index contributed by atoms with van der Waals surface area (Å²) in [7, 11) is 0. The summed E-state index contributed by atoms with van der Waals surface area (Å²) in [4.78, 5) is 2.09. The van der Waals surface area contributed by atoms with E-state index in [0.717, 1.165) is 31.7 Å². The van der Waals surface area contributed by atoms with Crippen molar-refractivity contribution in [2.75, 3.05) is 26.2 Å². The molecule has 1 N–H and O–H groups in total. The van der Waals surface area contributed by atoms with Crippen LogP contribution in [0.1, 0.15) is 24.4 Å². The Bertz CT molecular complexity index is 345. The van der Waals surface area contributed by atoms with Gasteiger partial charge in [0.1, 0.15) is 0 Å². The minimum Gasteiger partial charge on any atom is -0.472 e. The summed E-state index contributed by atoms with van der Waals surface area (Å²) in [6.45, 7) is 3.18. The zero-order chi connectivity index (χ0) is 13.0. The lowest BCUT2D eigenvalue weighted by Gasteiger charge is -2.34. The van der Waals surface area contributed by atoms with E-state index in [1.807, 2.05) is 0 Å². The number of rotatable bonds is 4. The highest BCUT2D eigenvalue weighted by Crippen LogP contribution is 2.31. The van der Waals surface area contributed by atoms with Gasteiger partial charge in [0.15, 0.2) is 0 Å². The molecule has 0 spiro atoms. The molecule has 0 aliphatic carbocycles. The fraction of sp³-hybridized carbons (Fsp3) is 0.667. The number of hydrogen-bond acceptors (Lipinski definition) is 3. The van der Waals surface area contributed by atoms with Crippen LogP contribution in [-0.4, -0.2) is 37.3 Å². The first kappa shape index (κ1) is 13.4. The number of furan rings is 1. The van der Waals surface area contributed by atoms with Crippen LogP contribution in [0.3, 0.4) is 0 Å². The van der Waals surface area contributed by atoms with Gasteiger partial charge in [-0.1, -0.05) is 0 Å². The summed E-state index contributed by atoms with van der Waals surface area (Å²) in [5, 5.41) is 3.20. The minimum atomic E-state index is -4.10. The molecule has 1 aromatic heterocycles. The standard InChI is InChI=1S/C12H17F3N2O/c13-12(14,15)3-1-11(10-2-8-18-9-10)17-6-4-16-5-7-17/h2,8-9,11,16H,1,3-7H2/t11-/m0/s1. The van der Waals surface area contributed by atoms with Crippen LogP contribution in [0.5, 0.6) is 0 Å². The Hall–Kier alpha value is -1.01. The second-order valence-corrected chi connectivity index (χ2v) is 4.51. The molecule has 0 unspecified atom stereocenters. The molecular formula is C12H17F3N2O. The van der Waals surface area contributed by atoms with E-state index in [4.69, 9.17) is 4.42 Å². The highest BCUT2D eigenvalue weighted by Gasteiger charge is 2.31. The summed E-state index contributed by atoms with van der Waals surface area (Å²) in [5.41, 5.74) is 0.834. The quantitative estimate of drug-likeness (QED) is 0.904. The molecule has 0 aromatic carbocycles. The summed E-state index contributed by atoms with van der Waals surface area (Å²) in [5.74, 6) is 0. The van der Waals surface area contributed by atoms with E-state index in [1.165, 1.54) is 6.26 Å². The van der Waals surface area contributed by atoms with Gasteiger partial charge in [0.2, 0.25) is 0 Å². The number of alkyl halides is 3. The van der Waals surface area contributed by atoms with Crippen molar-refractivity contribution in [3.63, 3.8) is 0 Å². The molecule has 102 valence electrons. The molecule has 18 heavy (non-hydrogen) atoms. The molecule has 0 bridgehead atoms. The Kier molecular flexibility index (Phi) is 4.29. The molecule has 2 heterocycles. The van der Waals surface area contributed by atoms with Crippen molar-refractivity contribution >= 4 is 0 Å². The lowest BCUT2D eigenvalue weighted by molar-refractivity contribution is -0.138. The van der Waals surface area contributed by atoms with Crippen molar-refractivity contribution in [3.05, 3.63) is 24.2 Å². The Morgan fingerprint density at radius 3 is 2.61 bits per heavy atom. The zero-order valence-electron chi connectivity index (χ0n) is 10.0. The first-order valence-corrected chi connectivity index (χ1v) is 6.10. The molecule has 1 aliphatic rings. The molecular weight excluding hydrogens is 245 g/mol. The highest BCUT2D eigenvalue weighted by atomic mass is 19.4. The molecule has 1 saturated heterocycles. The van der Waals surface area contributed by atoms with Crippen LogP contribution < -0.4 is 5.32 Å². The second-order valence-electron chi connectivity index (χ2n) is 4.51. The summed E-state index contributed by atoms with van der Waals surface area (Å²) < 4.78 is 42.1. The number of nitrogens with one attached hydrogen (secondary N) is 1. The van der Waals surface area contributed by atoms with Crippen molar-refractivity contribution in [3.8, 4) is 0 Å². The molecule has 6 heteroatoms. The van der Waals surface area contributed by atoms with E-state index < -0.39 is 12.6 Å². The van der Waals surface area contributed by atoms with Gasteiger partial charge in [0.05, 0.1) is 12.5 Å². The normalized spacial score (nSPS) is 19.9. The van der Waals surface area contributed by atoms with Gasteiger partial charge in [-0.2, -0.15) is 13.2 Å². The highest BCUT2D eigenvalue weighted by molar-refractivity contribution is 5.12. The average Bonchev–Trinajstić information content (AvgIpc) is 2.83. The largest absolute Gasteiger partial charge is 0.472 e. The van der Waals surface area contributed by atoms with Gasteiger partial charge in [-0.3, -0.25) is 4.90 Å². The number of hydrogen-bond donors (Lipinski definition) is 1. The zero-order valence-corrected chi connectivity index (χ0v) is 10.0. The van der Waals surface area contributed by atoms with E-state index in [2.05, 4.69) is 10.2 Å². The maximum atomic E-state index is 12.4. The Morgan fingerprint density at radius 2 is 2.06 bits per heavy atom. The third-order valence-electron chi connectivity index (χ3n) is 3.22. The summed E-state index contributed by atoms with van der Waals surface area (Å²) >= 11 is 0. The molecule has 3 nitrogen and oxygen atoms in total. The van der Waals surface area contributed by atoms with Gasteiger partial charge < -0.3 is 9.73 Å². The Labute approximate surface area is 104 Å². The summed E-state index contributed by atoms with van der Waals surface area (Å²) in [6.07, 6.45) is -1.72. The van der Waals surface area contributed by atoms with E-state index >= 15 is 0 Å². The predicted octanol–water partition coefficient (Wildman–Crippen LogP) is 2.57. The van der Waals surface area contributed by atoms with Gasteiger partial charge in [0, 0.05) is 44.2 Å². The van der Waals surface area contributed by atoms with Crippen molar-refractivity contribution < 1.29 is 17.6 Å². The number of nitrogens with zero attached hydrogens (tertiary/aromatic N) is 1. The maximum absolute atomic E-state index is 12.4. The van der Waals surface area contributed by atoms with Crippen molar-refractivity contribution in [1.82, 2.24) is 10.2 Å². The smallest absolute Gasteiger partial charge is 0.389 e. The maximum Gasteiger partial charge on any atom is 0.389 e. The monoisotopic (exact) mass is 262 g/mol. The Balaban J connectivity index is 2.03.